The molecule has 0 aliphatic carbocycles. The van der Waals surface area contributed by atoms with E-state index in [-0.39, 0.29) is 5.91 Å². The van der Waals surface area contributed by atoms with Crippen molar-refractivity contribution in [1.82, 2.24) is 20.4 Å². The molecule has 0 radical (unpaired) electrons. The third-order valence-electron chi connectivity index (χ3n) is 4.36. The van der Waals surface area contributed by atoms with Gasteiger partial charge in [-0.1, -0.05) is 24.3 Å². The summed E-state index contributed by atoms with van der Waals surface area (Å²) in [7, 11) is 4.05. The molecule has 1 fully saturated rings. The summed E-state index contributed by atoms with van der Waals surface area (Å²) in [6.07, 6.45) is 3.28. The molecule has 1 aromatic heterocycles. The molecule has 2 heterocycles. The summed E-state index contributed by atoms with van der Waals surface area (Å²) in [5.74, 6) is 0.748. The first-order valence-corrected chi connectivity index (χ1v) is 8.60. The van der Waals surface area contributed by atoms with Crippen molar-refractivity contribution in [3.63, 3.8) is 0 Å². The molecule has 1 N–H and O–H groups in total. The van der Waals surface area contributed by atoms with Crippen LogP contribution < -0.4 is 10.2 Å². The first-order valence-electron chi connectivity index (χ1n) is 8.60. The van der Waals surface area contributed by atoms with E-state index in [4.69, 9.17) is 0 Å². The molecular formula is C18H25N5O. The molecule has 6 nitrogen and oxygen atoms in total. The van der Waals surface area contributed by atoms with Crippen LogP contribution in [0.4, 0.5) is 5.82 Å². The molecule has 3 rings (SSSR count). The van der Waals surface area contributed by atoms with Crippen LogP contribution in [-0.2, 0) is 0 Å². The number of carbonyl (C=O) groups is 1. The molecule has 6 heteroatoms. The number of fused-ring (bicyclic) bond motifs is 1. The maximum absolute atomic E-state index is 12.5. The fourth-order valence-electron chi connectivity index (χ4n) is 3.10. The highest BCUT2D eigenvalue weighted by Gasteiger charge is 2.20. The molecule has 1 aliphatic rings. The Kier molecular flexibility index (Phi) is 5.25. The van der Waals surface area contributed by atoms with Gasteiger partial charge in [-0.3, -0.25) is 4.79 Å². The van der Waals surface area contributed by atoms with Crippen LogP contribution >= 0.6 is 0 Å². The minimum atomic E-state index is -0.148. The van der Waals surface area contributed by atoms with E-state index in [0.29, 0.717) is 12.2 Å². The van der Waals surface area contributed by atoms with Crippen molar-refractivity contribution in [3.8, 4) is 0 Å². The van der Waals surface area contributed by atoms with Crippen LogP contribution in [0, 0.1) is 0 Å². The zero-order chi connectivity index (χ0) is 16.9. The number of carbonyl (C=O) groups excluding carboxylic acids is 1. The minimum absolute atomic E-state index is 0.148. The van der Waals surface area contributed by atoms with Gasteiger partial charge in [0.05, 0.1) is 0 Å². The molecular weight excluding hydrogens is 302 g/mol. The van der Waals surface area contributed by atoms with Gasteiger partial charge in [0.2, 0.25) is 0 Å². The molecule has 0 unspecified atom stereocenters. The topological polar surface area (TPSA) is 61.4 Å². The van der Waals surface area contributed by atoms with E-state index in [9.17, 15) is 4.79 Å². The number of nitrogens with zero attached hydrogens (tertiary/aromatic N) is 4. The van der Waals surface area contributed by atoms with Crippen molar-refractivity contribution in [2.45, 2.75) is 19.3 Å². The van der Waals surface area contributed by atoms with Crippen molar-refractivity contribution in [3.05, 3.63) is 30.0 Å². The molecule has 1 saturated heterocycles. The second kappa shape index (κ2) is 7.57. The second-order valence-electron chi connectivity index (χ2n) is 6.52. The largest absolute Gasteiger partial charge is 0.355 e. The van der Waals surface area contributed by atoms with Crippen LogP contribution in [0.2, 0.25) is 0 Å². The van der Waals surface area contributed by atoms with Gasteiger partial charge in [-0.05, 0) is 39.9 Å². The number of aromatic nitrogens is 2. The first-order chi connectivity index (χ1) is 11.7. The van der Waals surface area contributed by atoms with E-state index >= 15 is 0 Å². The maximum Gasteiger partial charge on any atom is 0.272 e. The van der Waals surface area contributed by atoms with Gasteiger partial charge in [0.15, 0.2) is 11.5 Å². The van der Waals surface area contributed by atoms with Crippen molar-refractivity contribution < 1.29 is 4.79 Å². The number of hydrogen-bond acceptors (Lipinski definition) is 5. The summed E-state index contributed by atoms with van der Waals surface area (Å²) in [6.45, 7) is 3.60. The summed E-state index contributed by atoms with van der Waals surface area (Å²) in [5, 5.41) is 13.5. The smallest absolute Gasteiger partial charge is 0.272 e. The molecule has 128 valence electrons. The Morgan fingerprint density at radius 2 is 1.88 bits per heavy atom. The summed E-state index contributed by atoms with van der Waals surface area (Å²) in [5.41, 5.74) is 0.415. The fourth-order valence-corrected chi connectivity index (χ4v) is 3.10. The van der Waals surface area contributed by atoms with E-state index in [2.05, 4.69) is 25.3 Å². The van der Waals surface area contributed by atoms with Crippen molar-refractivity contribution in [2.75, 3.05) is 45.2 Å². The van der Waals surface area contributed by atoms with E-state index in [1.165, 1.54) is 12.8 Å². The zero-order valence-electron chi connectivity index (χ0n) is 14.5. The Balaban J connectivity index is 1.81. The number of hydrogen-bond donors (Lipinski definition) is 1. The number of rotatable bonds is 6. The van der Waals surface area contributed by atoms with Gasteiger partial charge in [-0.25, -0.2) is 0 Å². The van der Waals surface area contributed by atoms with E-state index < -0.39 is 0 Å². The van der Waals surface area contributed by atoms with Crippen LogP contribution in [0.5, 0.6) is 0 Å². The summed E-state index contributed by atoms with van der Waals surface area (Å²) < 4.78 is 0. The Labute approximate surface area is 142 Å². The average molecular weight is 327 g/mol. The standard InChI is InChI=1S/C18H25N5O/c1-22(2)11-7-10-19-18(24)16-14-8-3-4-9-15(14)17(21-20-16)23-12-5-6-13-23/h3-4,8-9H,5-7,10-13H2,1-2H3,(H,19,24). The van der Waals surface area contributed by atoms with Crippen LogP contribution in [0.1, 0.15) is 29.8 Å². The normalized spacial score (nSPS) is 14.5. The lowest BCUT2D eigenvalue weighted by atomic mass is 10.1. The Hall–Kier alpha value is -2.21. The zero-order valence-corrected chi connectivity index (χ0v) is 14.5. The molecule has 0 atom stereocenters. The van der Waals surface area contributed by atoms with Gasteiger partial charge in [0, 0.05) is 30.4 Å². The Bertz CT molecular complexity index is 710. The maximum atomic E-state index is 12.5. The number of nitrogens with one attached hydrogen (secondary N) is 1. The highest BCUT2D eigenvalue weighted by atomic mass is 16.1. The molecule has 0 saturated carbocycles. The van der Waals surface area contributed by atoms with E-state index in [1.54, 1.807) is 0 Å². The highest BCUT2D eigenvalue weighted by molar-refractivity contribution is 6.07. The van der Waals surface area contributed by atoms with Gasteiger partial charge >= 0.3 is 0 Å². The van der Waals surface area contributed by atoms with Gasteiger partial charge in [0.1, 0.15) is 0 Å². The van der Waals surface area contributed by atoms with Crippen molar-refractivity contribution in [2.24, 2.45) is 0 Å². The molecule has 24 heavy (non-hydrogen) atoms. The van der Waals surface area contributed by atoms with Gasteiger partial charge < -0.3 is 15.1 Å². The summed E-state index contributed by atoms with van der Waals surface area (Å²) in [4.78, 5) is 16.9. The average Bonchev–Trinajstić information content (AvgIpc) is 3.11. The van der Waals surface area contributed by atoms with Crippen LogP contribution in [0.25, 0.3) is 10.8 Å². The lowest BCUT2D eigenvalue weighted by Crippen LogP contribution is -2.28. The third-order valence-corrected chi connectivity index (χ3v) is 4.36. The SMILES string of the molecule is CN(C)CCCNC(=O)c1nnc(N2CCCC2)c2ccccc12. The molecule has 1 aliphatic heterocycles. The van der Waals surface area contributed by atoms with Crippen molar-refractivity contribution in [1.29, 1.82) is 0 Å². The minimum Gasteiger partial charge on any atom is -0.355 e. The van der Waals surface area contributed by atoms with Gasteiger partial charge in [-0.15, -0.1) is 10.2 Å². The summed E-state index contributed by atoms with van der Waals surface area (Å²) >= 11 is 0. The van der Waals surface area contributed by atoms with Crippen LogP contribution in [0.15, 0.2) is 24.3 Å². The molecule has 1 aromatic carbocycles. The van der Waals surface area contributed by atoms with E-state index in [1.807, 2.05) is 38.4 Å². The predicted octanol–water partition coefficient (Wildman–Crippen LogP) is 1.91. The third kappa shape index (κ3) is 3.64. The molecule has 0 bridgehead atoms. The lowest BCUT2D eigenvalue weighted by molar-refractivity contribution is 0.0948. The van der Waals surface area contributed by atoms with E-state index in [0.717, 1.165) is 42.6 Å². The number of amides is 1. The van der Waals surface area contributed by atoms with Crippen LogP contribution in [-0.4, -0.2) is 61.3 Å². The first kappa shape index (κ1) is 16.6. The number of anilines is 1. The van der Waals surface area contributed by atoms with Gasteiger partial charge in [0.25, 0.3) is 5.91 Å². The molecule has 0 spiro atoms. The molecule has 2 aromatic rings. The highest BCUT2D eigenvalue weighted by Crippen LogP contribution is 2.28. The number of benzene rings is 1. The molecule has 1 amide bonds. The fraction of sp³-hybridized carbons (Fsp3) is 0.500. The monoisotopic (exact) mass is 327 g/mol. The van der Waals surface area contributed by atoms with Crippen molar-refractivity contribution >= 4 is 22.5 Å². The quantitative estimate of drug-likeness (QED) is 0.821. The van der Waals surface area contributed by atoms with Crippen LogP contribution in [0.3, 0.4) is 0 Å². The lowest BCUT2D eigenvalue weighted by Gasteiger charge is -2.18. The van der Waals surface area contributed by atoms with Gasteiger partial charge in [-0.2, -0.15) is 0 Å². The second-order valence-corrected chi connectivity index (χ2v) is 6.52. The predicted molar refractivity (Wildman–Crippen MR) is 96.5 cm³/mol. The Morgan fingerprint density at radius 1 is 1.17 bits per heavy atom. The summed E-state index contributed by atoms with van der Waals surface area (Å²) in [6, 6.07) is 7.92. The Morgan fingerprint density at radius 3 is 2.58 bits per heavy atom.